The number of thioether (sulfide) groups is 1. The van der Waals surface area contributed by atoms with Crippen LogP contribution in [0.2, 0.25) is 0 Å². The molecule has 0 aromatic heterocycles. The maximum atomic E-state index is 8.31. The standard InChI is InChI=1S/C8H9BrN2OS/c9-6-2-1-3-7(4-6)13-5-8(10)11-12/h1-4,12H,5H2,(H2,10,11). The summed E-state index contributed by atoms with van der Waals surface area (Å²) in [4.78, 5) is 1.08. The number of oxime groups is 1. The minimum atomic E-state index is 0.227. The Morgan fingerprint density at radius 2 is 2.38 bits per heavy atom. The Morgan fingerprint density at radius 1 is 1.62 bits per heavy atom. The molecule has 3 N–H and O–H groups in total. The second-order valence-corrected chi connectivity index (χ2v) is 4.30. The molecule has 1 aromatic rings. The molecule has 0 spiro atoms. The third kappa shape index (κ3) is 3.69. The van der Waals surface area contributed by atoms with Gasteiger partial charge in [0.05, 0.1) is 5.75 Å². The molecule has 0 heterocycles. The highest BCUT2D eigenvalue weighted by molar-refractivity contribution is 9.10. The first-order valence-electron chi connectivity index (χ1n) is 3.57. The van der Waals surface area contributed by atoms with E-state index in [1.807, 2.05) is 24.3 Å². The predicted molar refractivity (Wildman–Crippen MR) is 58.3 cm³/mol. The second-order valence-electron chi connectivity index (χ2n) is 2.34. The lowest BCUT2D eigenvalue weighted by molar-refractivity contribution is 0.318. The number of rotatable bonds is 3. The van der Waals surface area contributed by atoms with Crippen molar-refractivity contribution in [2.45, 2.75) is 4.90 Å². The van der Waals surface area contributed by atoms with Crippen LogP contribution in [0.4, 0.5) is 0 Å². The first kappa shape index (κ1) is 10.4. The molecule has 0 aliphatic heterocycles. The minimum absolute atomic E-state index is 0.227. The molecule has 0 atom stereocenters. The molecule has 70 valence electrons. The van der Waals surface area contributed by atoms with Crippen LogP contribution in [0.15, 0.2) is 38.8 Å². The second kappa shape index (κ2) is 5.14. The van der Waals surface area contributed by atoms with Crippen LogP contribution in [0.1, 0.15) is 0 Å². The van der Waals surface area contributed by atoms with Crippen molar-refractivity contribution >= 4 is 33.5 Å². The topological polar surface area (TPSA) is 58.6 Å². The summed E-state index contributed by atoms with van der Waals surface area (Å²) in [6.45, 7) is 0. The van der Waals surface area contributed by atoms with Gasteiger partial charge in [-0.2, -0.15) is 0 Å². The summed E-state index contributed by atoms with van der Waals surface area (Å²) >= 11 is 4.88. The number of nitrogens with two attached hydrogens (primary N) is 1. The van der Waals surface area contributed by atoms with Crippen molar-refractivity contribution in [3.8, 4) is 0 Å². The van der Waals surface area contributed by atoms with Crippen LogP contribution in [-0.4, -0.2) is 16.8 Å². The van der Waals surface area contributed by atoms with Gasteiger partial charge in [0.2, 0.25) is 0 Å². The predicted octanol–water partition coefficient (Wildman–Crippen LogP) is 2.29. The van der Waals surface area contributed by atoms with Crippen molar-refractivity contribution in [1.82, 2.24) is 0 Å². The molecule has 0 saturated carbocycles. The minimum Gasteiger partial charge on any atom is -0.409 e. The number of benzene rings is 1. The molecule has 0 fully saturated rings. The van der Waals surface area contributed by atoms with Gasteiger partial charge in [-0.15, -0.1) is 11.8 Å². The van der Waals surface area contributed by atoms with E-state index in [1.54, 1.807) is 0 Å². The van der Waals surface area contributed by atoms with Crippen molar-refractivity contribution in [1.29, 1.82) is 0 Å². The Kier molecular flexibility index (Phi) is 4.11. The summed E-state index contributed by atoms with van der Waals surface area (Å²) in [5, 5.41) is 11.2. The molecular weight excluding hydrogens is 252 g/mol. The van der Waals surface area contributed by atoms with Crippen molar-refractivity contribution in [2.75, 3.05) is 5.75 Å². The molecule has 1 aromatic carbocycles. The van der Waals surface area contributed by atoms with Gasteiger partial charge in [-0.1, -0.05) is 27.2 Å². The molecular formula is C8H9BrN2OS. The highest BCUT2D eigenvalue weighted by atomic mass is 79.9. The van der Waals surface area contributed by atoms with Gasteiger partial charge in [0.1, 0.15) is 5.84 Å². The van der Waals surface area contributed by atoms with E-state index in [2.05, 4.69) is 21.1 Å². The number of hydrogen-bond donors (Lipinski definition) is 2. The van der Waals surface area contributed by atoms with Crippen LogP contribution in [0.3, 0.4) is 0 Å². The van der Waals surface area contributed by atoms with Crippen LogP contribution < -0.4 is 5.73 Å². The average molecular weight is 261 g/mol. The highest BCUT2D eigenvalue weighted by Crippen LogP contribution is 2.21. The number of halogens is 1. The van der Waals surface area contributed by atoms with Crippen LogP contribution in [0.25, 0.3) is 0 Å². The normalized spacial score (nSPS) is 11.6. The van der Waals surface area contributed by atoms with Crippen molar-refractivity contribution in [2.24, 2.45) is 10.9 Å². The molecule has 0 aliphatic rings. The third-order valence-corrected chi connectivity index (χ3v) is 2.83. The molecule has 1 rings (SSSR count). The highest BCUT2D eigenvalue weighted by Gasteiger charge is 1.97. The molecule has 0 saturated heterocycles. The molecule has 0 amide bonds. The van der Waals surface area contributed by atoms with E-state index in [0.717, 1.165) is 9.37 Å². The quantitative estimate of drug-likeness (QED) is 0.288. The van der Waals surface area contributed by atoms with Crippen molar-refractivity contribution in [3.63, 3.8) is 0 Å². The van der Waals surface area contributed by atoms with Gasteiger partial charge in [0, 0.05) is 9.37 Å². The number of hydrogen-bond acceptors (Lipinski definition) is 3. The van der Waals surface area contributed by atoms with E-state index in [9.17, 15) is 0 Å². The molecule has 0 aliphatic carbocycles. The number of amidine groups is 1. The fourth-order valence-electron chi connectivity index (χ4n) is 0.743. The Hall–Kier alpha value is -0.680. The first-order valence-corrected chi connectivity index (χ1v) is 5.35. The van der Waals surface area contributed by atoms with Gasteiger partial charge >= 0.3 is 0 Å². The molecule has 0 radical (unpaired) electrons. The van der Waals surface area contributed by atoms with Gasteiger partial charge in [0.15, 0.2) is 0 Å². The largest absolute Gasteiger partial charge is 0.409 e. The fraction of sp³-hybridized carbons (Fsp3) is 0.125. The van der Waals surface area contributed by atoms with E-state index in [-0.39, 0.29) is 5.84 Å². The lowest BCUT2D eigenvalue weighted by Crippen LogP contribution is -2.13. The summed E-state index contributed by atoms with van der Waals surface area (Å²) in [5.74, 6) is 0.720. The molecule has 0 bridgehead atoms. The maximum Gasteiger partial charge on any atom is 0.149 e. The van der Waals surface area contributed by atoms with Crippen LogP contribution >= 0.6 is 27.7 Å². The van der Waals surface area contributed by atoms with Crippen LogP contribution in [0.5, 0.6) is 0 Å². The van der Waals surface area contributed by atoms with E-state index in [1.165, 1.54) is 11.8 Å². The summed E-state index contributed by atoms with van der Waals surface area (Å²) in [5.41, 5.74) is 5.33. The summed E-state index contributed by atoms with van der Waals surface area (Å²) in [7, 11) is 0. The summed E-state index contributed by atoms with van der Waals surface area (Å²) in [6.07, 6.45) is 0. The molecule has 3 nitrogen and oxygen atoms in total. The lowest BCUT2D eigenvalue weighted by Gasteiger charge is -2.00. The van der Waals surface area contributed by atoms with Gasteiger partial charge < -0.3 is 10.9 Å². The van der Waals surface area contributed by atoms with Crippen LogP contribution in [-0.2, 0) is 0 Å². The Balaban J connectivity index is 2.55. The zero-order valence-electron chi connectivity index (χ0n) is 6.77. The van der Waals surface area contributed by atoms with E-state index in [4.69, 9.17) is 10.9 Å². The van der Waals surface area contributed by atoms with E-state index >= 15 is 0 Å². The fourth-order valence-corrected chi connectivity index (χ4v) is 2.05. The maximum absolute atomic E-state index is 8.31. The summed E-state index contributed by atoms with van der Waals surface area (Å²) < 4.78 is 1.03. The van der Waals surface area contributed by atoms with E-state index < -0.39 is 0 Å². The lowest BCUT2D eigenvalue weighted by atomic mass is 10.4. The third-order valence-electron chi connectivity index (χ3n) is 1.31. The van der Waals surface area contributed by atoms with Crippen molar-refractivity contribution < 1.29 is 5.21 Å². The van der Waals surface area contributed by atoms with Gasteiger partial charge in [-0.05, 0) is 18.2 Å². The molecule has 13 heavy (non-hydrogen) atoms. The van der Waals surface area contributed by atoms with Gasteiger partial charge in [-0.3, -0.25) is 0 Å². The average Bonchev–Trinajstić information content (AvgIpc) is 2.14. The first-order chi connectivity index (χ1) is 6.22. The van der Waals surface area contributed by atoms with E-state index in [0.29, 0.717) is 5.75 Å². The SMILES string of the molecule is N/C(CSc1cccc(Br)c1)=N\O. The Labute approximate surface area is 89.1 Å². The molecule has 5 heteroatoms. The summed E-state index contributed by atoms with van der Waals surface area (Å²) in [6, 6.07) is 7.85. The number of nitrogens with zero attached hydrogens (tertiary/aromatic N) is 1. The zero-order chi connectivity index (χ0) is 9.68. The zero-order valence-corrected chi connectivity index (χ0v) is 9.18. The Morgan fingerprint density at radius 3 is 3.00 bits per heavy atom. The van der Waals surface area contributed by atoms with Crippen LogP contribution in [0, 0.1) is 0 Å². The molecule has 0 unspecified atom stereocenters. The van der Waals surface area contributed by atoms with Gasteiger partial charge in [0.25, 0.3) is 0 Å². The van der Waals surface area contributed by atoms with Gasteiger partial charge in [-0.25, -0.2) is 0 Å². The van der Waals surface area contributed by atoms with Crippen molar-refractivity contribution in [3.05, 3.63) is 28.7 Å². The smallest absolute Gasteiger partial charge is 0.149 e. The monoisotopic (exact) mass is 260 g/mol. The Bertz CT molecular complexity index is 317.